The molecule has 0 aliphatic carbocycles. The lowest BCUT2D eigenvalue weighted by Gasteiger charge is -2.28. The maximum absolute atomic E-state index is 13.1. The highest BCUT2D eigenvalue weighted by Crippen LogP contribution is 2.33. The van der Waals surface area contributed by atoms with E-state index in [0.717, 1.165) is 23.9 Å². The molecule has 1 atom stereocenters. The number of hydroxylamine groups is 1. The van der Waals surface area contributed by atoms with Crippen LogP contribution in [0, 0.1) is 0 Å². The first-order chi connectivity index (χ1) is 16.3. The zero-order valence-electron chi connectivity index (χ0n) is 18.6. The van der Waals surface area contributed by atoms with Gasteiger partial charge in [-0.3, -0.25) is 0 Å². The van der Waals surface area contributed by atoms with Gasteiger partial charge in [-0.05, 0) is 42.5 Å². The summed E-state index contributed by atoms with van der Waals surface area (Å²) in [5.41, 5.74) is -0.169. The Labute approximate surface area is 197 Å². The number of anilines is 2. The lowest BCUT2D eigenvalue weighted by Crippen LogP contribution is -2.42. The fraction of sp³-hybridized carbons (Fsp3) is 0.250. The molecule has 35 heavy (non-hydrogen) atoms. The van der Waals surface area contributed by atoms with Crippen LogP contribution in [0.15, 0.2) is 72.8 Å². The third kappa shape index (κ3) is 7.19. The fourth-order valence-electron chi connectivity index (χ4n) is 2.98. The molecule has 0 saturated carbocycles. The smallest absolute Gasteiger partial charge is 0.416 e. The average molecular weight is 500 g/mol. The van der Waals surface area contributed by atoms with Crippen LogP contribution in [-0.2, 0) is 6.18 Å². The fourth-order valence-corrected chi connectivity index (χ4v) is 2.98. The maximum Gasteiger partial charge on any atom is 0.416 e. The summed E-state index contributed by atoms with van der Waals surface area (Å²) in [5.74, 6) is 0.325. The van der Waals surface area contributed by atoms with E-state index in [9.17, 15) is 31.4 Å². The Morgan fingerprint density at radius 3 is 1.89 bits per heavy atom. The van der Waals surface area contributed by atoms with Gasteiger partial charge in [0.25, 0.3) is 0 Å². The average Bonchev–Trinajstić information content (AvgIpc) is 2.78. The molecule has 0 aromatic heterocycles. The van der Waals surface area contributed by atoms with Crippen LogP contribution < -0.4 is 19.5 Å². The van der Waals surface area contributed by atoms with Crippen LogP contribution in [0.2, 0.25) is 0 Å². The first kappa shape index (κ1) is 26.0. The van der Waals surface area contributed by atoms with Crippen molar-refractivity contribution < 1.29 is 41.0 Å². The van der Waals surface area contributed by atoms with Gasteiger partial charge in [-0.1, -0.05) is 18.2 Å². The molecule has 188 valence electrons. The van der Waals surface area contributed by atoms with Crippen LogP contribution in [0.4, 0.5) is 37.7 Å². The maximum atomic E-state index is 13.1. The van der Waals surface area contributed by atoms with Crippen LogP contribution in [0.5, 0.6) is 17.2 Å². The summed E-state index contributed by atoms with van der Waals surface area (Å²) in [5, 5.41) is 10.3. The first-order valence-electron chi connectivity index (χ1n) is 10.3. The minimum atomic E-state index is -4.98. The second-order valence-electron chi connectivity index (χ2n) is 7.73. The summed E-state index contributed by atoms with van der Waals surface area (Å²) in [6, 6.07) is 16.5. The van der Waals surface area contributed by atoms with E-state index < -0.39 is 30.6 Å². The summed E-state index contributed by atoms with van der Waals surface area (Å²) in [4.78, 5) is 7.22. The normalized spacial score (nSPS) is 12.7. The summed E-state index contributed by atoms with van der Waals surface area (Å²) in [6.45, 7) is -1.10. The second-order valence-corrected chi connectivity index (χ2v) is 7.73. The van der Waals surface area contributed by atoms with Crippen LogP contribution in [0.25, 0.3) is 0 Å². The molecule has 0 radical (unpaired) electrons. The third-order valence-corrected chi connectivity index (χ3v) is 4.77. The van der Waals surface area contributed by atoms with E-state index in [2.05, 4.69) is 0 Å². The topological polar surface area (TPSA) is 45.2 Å². The van der Waals surface area contributed by atoms with Gasteiger partial charge in [0, 0.05) is 31.9 Å². The molecule has 3 aromatic carbocycles. The van der Waals surface area contributed by atoms with Crippen LogP contribution in [0.1, 0.15) is 5.56 Å². The molecule has 11 heteroatoms. The summed E-state index contributed by atoms with van der Waals surface area (Å²) < 4.78 is 84.1. The van der Waals surface area contributed by atoms with Gasteiger partial charge in [0.1, 0.15) is 11.5 Å². The minimum absolute atomic E-state index is 0.0203. The van der Waals surface area contributed by atoms with Gasteiger partial charge in [-0.2, -0.15) is 26.3 Å². The van der Waals surface area contributed by atoms with Crippen molar-refractivity contribution in [1.82, 2.24) is 0 Å². The van der Waals surface area contributed by atoms with E-state index in [1.165, 1.54) is 18.2 Å². The summed E-state index contributed by atoms with van der Waals surface area (Å²) >= 11 is 0. The molecule has 0 amide bonds. The summed E-state index contributed by atoms with van der Waals surface area (Å²) in [7, 11) is 3.68. The van der Waals surface area contributed by atoms with Gasteiger partial charge in [-0.25, -0.2) is 5.06 Å². The monoisotopic (exact) mass is 500 g/mol. The number of alkyl halides is 6. The molecule has 1 N–H and O–H groups in total. The van der Waals surface area contributed by atoms with E-state index in [1.54, 1.807) is 24.3 Å². The van der Waals surface area contributed by atoms with Crippen molar-refractivity contribution in [2.75, 3.05) is 30.6 Å². The van der Waals surface area contributed by atoms with Crippen molar-refractivity contribution >= 4 is 11.4 Å². The number of ether oxygens (including phenoxy) is 1. The minimum Gasteiger partial charge on any atom is -0.457 e. The number of nitrogens with zero attached hydrogens (tertiary/aromatic N) is 2. The predicted octanol–water partition coefficient (Wildman–Crippen LogP) is 6.29. The van der Waals surface area contributed by atoms with Crippen molar-refractivity contribution in [3.05, 3.63) is 78.4 Å². The van der Waals surface area contributed by atoms with Crippen LogP contribution in [0.3, 0.4) is 0 Å². The van der Waals surface area contributed by atoms with Gasteiger partial charge < -0.3 is 19.6 Å². The molecular formula is C24H22F6N2O3. The van der Waals surface area contributed by atoms with E-state index in [-0.39, 0.29) is 17.2 Å². The molecule has 3 aromatic rings. The Kier molecular flexibility index (Phi) is 7.69. The van der Waals surface area contributed by atoms with E-state index in [1.807, 2.05) is 25.1 Å². The van der Waals surface area contributed by atoms with Crippen molar-refractivity contribution in [2.24, 2.45) is 0 Å². The number of rotatable bonds is 8. The SMILES string of the molecule is CN(C)c1cccc(Oc2cccc(N(C[C@H](O)C(F)(F)F)Oc3cccc(C(F)(F)F)c3)c2)c1. The number of hydrogen-bond donors (Lipinski definition) is 1. The Morgan fingerprint density at radius 2 is 1.31 bits per heavy atom. The molecule has 5 nitrogen and oxygen atoms in total. The quantitative estimate of drug-likeness (QED) is 0.291. The molecule has 0 saturated heterocycles. The number of halogens is 6. The zero-order chi connectivity index (χ0) is 25.8. The molecule has 0 spiro atoms. The molecule has 0 unspecified atom stereocenters. The highest BCUT2D eigenvalue weighted by atomic mass is 19.4. The molecule has 0 fully saturated rings. The number of hydrogen-bond acceptors (Lipinski definition) is 5. The Bertz CT molecular complexity index is 1130. The Balaban J connectivity index is 1.91. The molecule has 0 aliphatic rings. The number of aliphatic hydroxyl groups excluding tert-OH is 1. The van der Waals surface area contributed by atoms with Crippen molar-refractivity contribution in [3.8, 4) is 17.2 Å². The number of benzene rings is 3. The Morgan fingerprint density at radius 1 is 0.771 bits per heavy atom. The molecule has 0 aliphatic heterocycles. The van der Waals surface area contributed by atoms with E-state index >= 15 is 0 Å². The van der Waals surface area contributed by atoms with Gasteiger partial charge in [-0.15, -0.1) is 0 Å². The second kappa shape index (κ2) is 10.3. The zero-order valence-corrected chi connectivity index (χ0v) is 18.6. The van der Waals surface area contributed by atoms with Crippen molar-refractivity contribution in [2.45, 2.75) is 18.5 Å². The van der Waals surface area contributed by atoms with Crippen molar-refractivity contribution in [3.63, 3.8) is 0 Å². The third-order valence-electron chi connectivity index (χ3n) is 4.77. The lowest BCUT2D eigenvalue weighted by atomic mass is 10.2. The first-order valence-corrected chi connectivity index (χ1v) is 10.3. The lowest BCUT2D eigenvalue weighted by molar-refractivity contribution is -0.202. The molecule has 0 heterocycles. The van der Waals surface area contributed by atoms with E-state index in [0.29, 0.717) is 16.9 Å². The standard InChI is InChI=1S/C24H22F6N2O3/c1-31(2)17-7-4-9-19(13-17)34-20-10-5-8-18(14-20)32(15-22(33)24(28,29)30)35-21-11-3-6-16(12-21)23(25,26)27/h3-14,22,33H,15H2,1-2H3/t22-/m0/s1. The van der Waals surface area contributed by atoms with Gasteiger partial charge in [0.05, 0.1) is 17.8 Å². The predicted molar refractivity (Wildman–Crippen MR) is 119 cm³/mol. The largest absolute Gasteiger partial charge is 0.457 e. The highest BCUT2D eigenvalue weighted by molar-refractivity contribution is 5.53. The highest BCUT2D eigenvalue weighted by Gasteiger charge is 2.40. The van der Waals surface area contributed by atoms with Gasteiger partial charge in [0.15, 0.2) is 11.9 Å². The number of aliphatic hydroxyl groups is 1. The van der Waals surface area contributed by atoms with Gasteiger partial charge in [0.2, 0.25) is 0 Å². The molecule has 3 rings (SSSR count). The van der Waals surface area contributed by atoms with Crippen molar-refractivity contribution in [1.29, 1.82) is 0 Å². The van der Waals surface area contributed by atoms with Crippen LogP contribution >= 0.6 is 0 Å². The molecule has 0 bridgehead atoms. The Hall–Kier alpha value is -3.60. The summed E-state index contributed by atoms with van der Waals surface area (Å²) in [6.07, 6.45) is -12.5. The van der Waals surface area contributed by atoms with E-state index in [4.69, 9.17) is 9.57 Å². The van der Waals surface area contributed by atoms with Gasteiger partial charge >= 0.3 is 12.4 Å². The van der Waals surface area contributed by atoms with Crippen LogP contribution in [-0.4, -0.2) is 38.0 Å². The molecular weight excluding hydrogens is 478 g/mol.